The maximum Gasteiger partial charge on any atom is 0.175 e. The lowest BCUT2D eigenvalue weighted by Crippen LogP contribution is -2.03. The van der Waals surface area contributed by atoms with Crippen LogP contribution in [0.5, 0.6) is 0 Å². The Balaban J connectivity index is 2.88. The SMILES string of the molecule is CS(=O)(=O)c1ccc(C(=O)CSC#N)cc1. The summed E-state index contributed by atoms with van der Waals surface area (Å²) in [6.45, 7) is 0. The van der Waals surface area contributed by atoms with Crippen LogP contribution in [0.2, 0.25) is 0 Å². The normalized spacial score (nSPS) is 10.8. The second-order valence-electron chi connectivity index (χ2n) is 3.10. The van der Waals surface area contributed by atoms with Gasteiger partial charge in [-0.3, -0.25) is 4.79 Å². The molecule has 1 rings (SSSR count). The third-order valence-electron chi connectivity index (χ3n) is 1.87. The van der Waals surface area contributed by atoms with E-state index < -0.39 is 9.84 Å². The number of sulfone groups is 1. The molecule has 0 aromatic heterocycles. The number of hydrogen-bond donors (Lipinski definition) is 0. The summed E-state index contributed by atoms with van der Waals surface area (Å²) in [5, 5.41) is 10.1. The number of benzene rings is 1. The highest BCUT2D eigenvalue weighted by Gasteiger charge is 2.09. The first-order valence-corrected chi connectivity index (χ1v) is 7.17. The van der Waals surface area contributed by atoms with Crippen LogP contribution in [0.3, 0.4) is 0 Å². The van der Waals surface area contributed by atoms with Gasteiger partial charge in [0, 0.05) is 11.8 Å². The Morgan fingerprint density at radius 2 is 1.94 bits per heavy atom. The second kappa shape index (κ2) is 5.14. The van der Waals surface area contributed by atoms with E-state index in [1.807, 2.05) is 0 Å². The van der Waals surface area contributed by atoms with Crippen LogP contribution in [-0.4, -0.2) is 26.2 Å². The average Bonchev–Trinajstić information content (AvgIpc) is 2.25. The molecule has 0 aliphatic rings. The molecule has 16 heavy (non-hydrogen) atoms. The summed E-state index contributed by atoms with van der Waals surface area (Å²) in [6.07, 6.45) is 1.11. The zero-order valence-electron chi connectivity index (χ0n) is 8.50. The highest BCUT2D eigenvalue weighted by molar-refractivity contribution is 8.04. The topological polar surface area (TPSA) is 75.0 Å². The second-order valence-corrected chi connectivity index (χ2v) is 5.88. The van der Waals surface area contributed by atoms with Crippen molar-refractivity contribution in [2.75, 3.05) is 12.0 Å². The summed E-state index contributed by atoms with van der Waals surface area (Å²) in [4.78, 5) is 11.6. The molecule has 0 radical (unpaired) electrons. The van der Waals surface area contributed by atoms with Gasteiger partial charge in [-0.1, -0.05) is 12.1 Å². The van der Waals surface area contributed by atoms with E-state index in [2.05, 4.69) is 0 Å². The molecule has 0 amide bonds. The average molecular weight is 255 g/mol. The lowest BCUT2D eigenvalue weighted by molar-refractivity contribution is 0.102. The molecule has 0 heterocycles. The minimum Gasteiger partial charge on any atom is -0.293 e. The van der Waals surface area contributed by atoms with E-state index in [1.54, 1.807) is 5.40 Å². The van der Waals surface area contributed by atoms with Crippen molar-refractivity contribution in [3.05, 3.63) is 29.8 Å². The van der Waals surface area contributed by atoms with Crippen molar-refractivity contribution in [2.24, 2.45) is 0 Å². The lowest BCUT2D eigenvalue weighted by atomic mass is 10.1. The number of thiocyanates is 1. The summed E-state index contributed by atoms with van der Waals surface area (Å²) < 4.78 is 22.3. The third kappa shape index (κ3) is 3.36. The molecule has 0 spiro atoms. The van der Waals surface area contributed by atoms with Gasteiger partial charge in [0.05, 0.1) is 10.6 Å². The smallest absolute Gasteiger partial charge is 0.175 e. The fraction of sp³-hybridized carbons (Fsp3) is 0.200. The van der Waals surface area contributed by atoms with E-state index in [1.165, 1.54) is 24.3 Å². The fourth-order valence-corrected chi connectivity index (χ4v) is 2.06. The van der Waals surface area contributed by atoms with Gasteiger partial charge in [-0.25, -0.2) is 8.42 Å². The number of carbonyl (C=O) groups is 1. The minimum atomic E-state index is -3.23. The molecule has 0 unspecified atom stereocenters. The maximum absolute atomic E-state index is 11.4. The van der Waals surface area contributed by atoms with Crippen LogP contribution in [-0.2, 0) is 9.84 Å². The zero-order chi connectivity index (χ0) is 12.2. The summed E-state index contributed by atoms with van der Waals surface area (Å²) in [5.74, 6) is -0.110. The lowest BCUT2D eigenvalue weighted by Gasteiger charge is -2.00. The first kappa shape index (κ1) is 12.7. The van der Waals surface area contributed by atoms with Crippen LogP contribution >= 0.6 is 11.8 Å². The molecule has 0 atom stereocenters. The van der Waals surface area contributed by atoms with Crippen LogP contribution in [0.1, 0.15) is 10.4 Å². The van der Waals surface area contributed by atoms with E-state index in [9.17, 15) is 13.2 Å². The zero-order valence-corrected chi connectivity index (χ0v) is 10.1. The van der Waals surface area contributed by atoms with Crippen molar-refractivity contribution in [3.8, 4) is 5.40 Å². The number of carbonyl (C=O) groups excluding carboxylic acids is 1. The Bertz CT molecular complexity index is 526. The Morgan fingerprint density at radius 3 is 2.38 bits per heavy atom. The van der Waals surface area contributed by atoms with Gasteiger partial charge in [0.15, 0.2) is 15.6 Å². The monoisotopic (exact) mass is 255 g/mol. The quantitative estimate of drug-likeness (QED) is 0.602. The molecule has 0 saturated heterocycles. The third-order valence-corrected chi connectivity index (χ3v) is 3.54. The molecule has 6 heteroatoms. The van der Waals surface area contributed by atoms with Gasteiger partial charge >= 0.3 is 0 Å². The number of ketones is 1. The highest BCUT2D eigenvalue weighted by atomic mass is 32.2. The number of thioether (sulfide) groups is 1. The molecule has 0 aliphatic carbocycles. The molecule has 1 aromatic rings. The Morgan fingerprint density at radius 1 is 1.38 bits per heavy atom. The predicted octanol–water partition coefficient (Wildman–Crippen LogP) is 1.49. The molecule has 0 saturated carbocycles. The van der Waals surface area contributed by atoms with E-state index in [0.29, 0.717) is 5.56 Å². The van der Waals surface area contributed by atoms with Crippen LogP contribution in [0.15, 0.2) is 29.2 Å². The molecule has 4 nitrogen and oxygen atoms in total. The van der Waals surface area contributed by atoms with E-state index >= 15 is 0 Å². The summed E-state index contributed by atoms with van der Waals surface area (Å²) >= 11 is 0.859. The molecule has 1 aromatic carbocycles. The van der Waals surface area contributed by atoms with Gasteiger partial charge < -0.3 is 0 Å². The standard InChI is InChI=1S/C10H9NO3S2/c1-16(13,14)9-4-2-8(3-5-9)10(12)6-15-7-11/h2-5H,6H2,1H3. The fourth-order valence-electron chi connectivity index (χ4n) is 1.07. The van der Waals surface area contributed by atoms with Crippen molar-refractivity contribution in [2.45, 2.75) is 4.90 Å². The van der Waals surface area contributed by atoms with Gasteiger partial charge in [-0.05, 0) is 23.9 Å². The molecular weight excluding hydrogens is 246 g/mol. The summed E-state index contributed by atoms with van der Waals surface area (Å²) in [6, 6.07) is 5.69. The Labute approximate surface area is 98.2 Å². The van der Waals surface area contributed by atoms with Crippen LogP contribution in [0.25, 0.3) is 0 Å². The highest BCUT2D eigenvalue weighted by Crippen LogP contribution is 2.12. The van der Waals surface area contributed by atoms with Crippen molar-refractivity contribution >= 4 is 27.4 Å². The van der Waals surface area contributed by atoms with Crippen LogP contribution in [0.4, 0.5) is 0 Å². The van der Waals surface area contributed by atoms with Gasteiger partial charge in [-0.2, -0.15) is 5.26 Å². The molecule has 0 aliphatic heterocycles. The molecule has 0 fully saturated rings. The molecule has 84 valence electrons. The van der Waals surface area contributed by atoms with Crippen molar-refractivity contribution in [1.82, 2.24) is 0 Å². The van der Waals surface area contributed by atoms with Gasteiger partial charge in [-0.15, -0.1) is 0 Å². The van der Waals surface area contributed by atoms with E-state index in [-0.39, 0.29) is 16.4 Å². The maximum atomic E-state index is 11.4. The number of nitriles is 1. The number of Topliss-reactive ketones (excluding diaryl/α,β-unsaturated/α-hetero) is 1. The minimum absolute atomic E-state index is 0.0781. The molecule has 0 N–H and O–H groups in total. The Kier molecular flexibility index (Phi) is 4.10. The Hall–Kier alpha value is -1.32. The van der Waals surface area contributed by atoms with Crippen LogP contribution in [0, 0.1) is 10.7 Å². The van der Waals surface area contributed by atoms with Gasteiger partial charge in [0.2, 0.25) is 0 Å². The van der Waals surface area contributed by atoms with Crippen molar-refractivity contribution in [3.63, 3.8) is 0 Å². The number of nitrogens with zero attached hydrogens (tertiary/aromatic N) is 1. The summed E-state index contributed by atoms with van der Waals surface area (Å²) in [5.41, 5.74) is 0.412. The molecule has 0 bridgehead atoms. The van der Waals surface area contributed by atoms with Crippen molar-refractivity contribution < 1.29 is 13.2 Å². The van der Waals surface area contributed by atoms with Crippen molar-refractivity contribution in [1.29, 1.82) is 5.26 Å². The molecular formula is C10H9NO3S2. The van der Waals surface area contributed by atoms with Gasteiger partial charge in [0.25, 0.3) is 0 Å². The summed E-state index contributed by atoms with van der Waals surface area (Å²) in [7, 11) is -3.23. The van der Waals surface area contributed by atoms with Gasteiger partial charge in [0.1, 0.15) is 5.40 Å². The van der Waals surface area contributed by atoms with E-state index in [4.69, 9.17) is 5.26 Å². The predicted molar refractivity (Wildman–Crippen MR) is 62.0 cm³/mol. The number of rotatable bonds is 4. The first-order valence-electron chi connectivity index (χ1n) is 4.29. The van der Waals surface area contributed by atoms with E-state index in [0.717, 1.165) is 18.0 Å². The largest absolute Gasteiger partial charge is 0.293 e. The van der Waals surface area contributed by atoms with Crippen LogP contribution < -0.4 is 0 Å². The first-order chi connectivity index (χ1) is 7.45. The number of hydrogen-bond acceptors (Lipinski definition) is 5.